The number of rotatable bonds is 14. The van der Waals surface area contributed by atoms with Gasteiger partial charge in [-0.3, -0.25) is 0 Å². The molecule has 0 radical (unpaired) electrons. The van der Waals surface area contributed by atoms with Gasteiger partial charge in [-0.1, -0.05) is 13.2 Å². The maximum absolute atomic E-state index is 14.0. The Kier molecular flexibility index (Phi) is 11.6. The van der Waals surface area contributed by atoms with Crippen LogP contribution in [0.4, 0.5) is 26.3 Å². The molecule has 0 saturated carbocycles. The average molecular weight is 656 g/mol. The van der Waals surface area contributed by atoms with Crippen molar-refractivity contribution in [3.8, 4) is 28.7 Å². The second kappa shape index (κ2) is 15.4. The zero-order chi connectivity index (χ0) is 33.9. The van der Waals surface area contributed by atoms with Gasteiger partial charge in [-0.15, -0.1) is 0 Å². The monoisotopic (exact) mass is 656 g/mol. The van der Waals surface area contributed by atoms with Crippen molar-refractivity contribution in [1.82, 2.24) is 0 Å². The van der Waals surface area contributed by atoms with E-state index >= 15 is 0 Å². The van der Waals surface area contributed by atoms with E-state index in [2.05, 4.69) is 22.6 Å². The van der Waals surface area contributed by atoms with Gasteiger partial charge >= 0.3 is 30.3 Å². The topological polar surface area (TPSA) is 116 Å². The Hall–Kier alpha value is -5.67. The van der Waals surface area contributed by atoms with E-state index in [1.54, 1.807) is 0 Å². The predicted octanol–water partition coefficient (Wildman–Crippen LogP) is 6.49. The minimum atomic E-state index is -5.64. The van der Waals surface area contributed by atoms with Crippen LogP contribution < -0.4 is 23.7 Å². The van der Waals surface area contributed by atoms with Gasteiger partial charge in [0.25, 0.3) is 0 Å². The first kappa shape index (κ1) is 34.8. The molecule has 0 N–H and O–H groups in total. The molecule has 16 heteroatoms. The third-order valence-electron chi connectivity index (χ3n) is 5.44. The van der Waals surface area contributed by atoms with E-state index in [-0.39, 0.29) is 22.8 Å². The molecule has 3 aromatic rings. The van der Waals surface area contributed by atoms with Gasteiger partial charge in [0.15, 0.2) is 0 Å². The number of carbonyl (C=O) groups excluding carboxylic acids is 3. The highest BCUT2D eigenvalue weighted by molar-refractivity contribution is 5.91. The molecule has 3 aromatic carbocycles. The quantitative estimate of drug-likeness (QED) is 0.0627. The Morgan fingerprint density at radius 1 is 0.565 bits per heavy atom. The summed E-state index contributed by atoms with van der Waals surface area (Å²) in [7, 11) is 0. The number of benzene rings is 3. The molecule has 10 nitrogen and oxygen atoms in total. The van der Waals surface area contributed by atoms with E-state index in [1.165, 1.54) is 36.4 Å². The van der Waals surface area contributed by atoms with Crippen LogP contribution in [0.25, 0.3) is 0 Å². The molecule has 0 bridgehead atoms. The highest BCUT2D eigenvalue weighted by Gasteiger charge is 2.48. The molecule has 0 aromatic heterocycles. The lowest BCUT2D eigenvalue weighted by Crippen LogP contribution is -2.22. The molecule has 0 saturated heterocycles. The number of esters is 3. The van der Waals surface area contributed by atoms with E-state index in [4.69, 9.17) is 23.7 Å². The molecule has 0 aliphatic heterocycles. The Balaban J connectivity index is 1.74. The third kappa shape index (κ3) is 9.93. The smallest absolute Gasteiger partial charge is 0.420 e. The molecule has 46 heavy (non-hydrogen) atoms. The minimum absolute atomic E-state index is 0.0415. The Morgan fingerprint density at radius 2 is 0.957 bits per heavy atom. The van der Waals surface area contributed by atoms with Crippen molar-refractivity contribution in [2.45, 2.75) is 12.4 Å². The van der Waals surface area contributed by atoms with Crippen molar-refractivity contribution in [2.24, 2.45) is 0 Å². The Bertz CT molecular complexity index is 1550. The van der Waals surface area contributed by atoms with Crippen molar-refractivity contribution in [2.75, 3.05) is 20.4 Å². The second-order valence-corrected chi connectivity index (χ2v) is 8.46. The van der Waals surface area contributed by atoms with E-state index < -0.39 is 73.3 Å². The van der Waals surface area contributed by atoms with Crippen LogP contribution in [0.3, 0.4) is 0 Å². The number of ether oxygens (including phenoxy) is 7. The molecule has 0 heterocycles. The number of carbonyl (C=O) groups is 3. The summed E-state index contributed by atoms with van der Waals surface area (Å²) >= 11 is 0. The highest BCUT2D eigenvalue weighted by Crippen LogP contribution is 2.49. The number of hydrogen-bond acceptors (Lipinski definition) is 10. The number of hydrogen-bond donors (Lipinski definition) is 0. The molecular formula is C30H22F6O10. The zero-order valence-corrected chi connectivity index (χ0v) is 23.3. The first-order valence-corrected chi connectivity index (χ1v) is 12.6. The van der Waals surface area contributed by atoms with E-state index in [9.17, 15) is 40.7 Å². The average Bonchev–Trinajstić information content (AvgIpc) is 3.01. The predicted molar refractivity (Wildman–Crippen MR) is 144 cm³/mol. The van der Waals surface area contributed by atoms with Crippen molar-refractivity contribution in [1.29, 1.82) is 0 Å². The fraction of sp³-hybridized carbons (Fsp3) is 0.167. The first-order valence-electron chi connectivity index (χ1n) is 12.6. The van der Waals surface area contributed by atoms with Gasteiger partial charge in [0.2, 0.25) is 20.4 Å². The molecule has 0 spiro atoms. The zero-order valence-electron chi connectivity index (χ0n) is 23.3. The van der Waals surface area contributed by atoms with Crippen LogP contribution in [0.15, 0.2) is 86.0 Å². The summed E-state index contributed by atoms with van der Waals surface area (Å²) in [6.07, 6.45) is -9.43. The molecule has 3 rings (SSSR count). The van der Waals surface area contributed by atoms with Crippen LogP contribution >= 0.6 is 0 Å². The van der Waals surface area contributed by atoms with Crippen molar-refractivity contribution >= 4 is 17.9 Å². The standard InChI is InChI=1S/C30H22F6O10/c1-3-24(37)44-16-41-19-7-5-18(6-8-19)28(39)46-23-14-13-22(26(29(31,32)33)27(23)30(34,35)36)43-15-40-20-9-11-21(12-10-20)42-17-45-25(38)4-2/h3-14H,1-2,15-17H2. The fourth-order valence-electron chi connectivity index (χ4n) is 3.40. The summed E-state index contributed by atoms with van der Waals surface area (Å²) in [6, 6.07) is 10.9. The Labute approximate surface area is 256 Å². The summed E-state index contributed by atoms with van der Waals surface area (Å²) in [6.45, 7) is 4.52. The van der Waals surface area contributed by atoms with Gasteiger partial charge in [0.05, 0.1) is 5.56 Å². The summed E-state index contributed by atoms with van der Waals surface area (Å²) in [5.74, 6) is -5.23. The van der Waals surface area contributed by atoms with E-state index in [0.29, 0.717) is 12.1 Å². The van der Waals surface area contributed by atoms with Crippen molar-refractivity contribution in [3.63, 3.8) is 0 Å². The van der Waals surface area contributed by atoms with Crippen LogP contribution in [-0.2, 0) is 31.4 Å². The lowest BCUT2D eigenvalue weighted by Gasteiger charge is -2.22. The fourth-order valence-corrected chi connectivity index (χ4v) is 3.40. The molecule has 244 valence electrons. The van der Waals surface area contributed by atoms with Crippen molar-refractivity contribution in [3.05, 3.63) is 103 Å². The van der Waals surface area contributed by atoms with E-state index in [1.807, 2.05) is 0 Å². The first-order chi connectivity index (χ1) is 21.7. The molecule has 0 fully saturated rings. The summed E-state index contributed by atoms with van der Waals surface area (Å²) in [4.78, 5) is 34.6. The molecule has 0 aliphatic carbocycles. The molecular weight excluding hydrogens is 634 g/mol. The molecule has 0 atom stereocenters. The Morgan fingerprint density at radius 3 is 1.39 bits per heavy atom. The van der Waals surface area contributed by atoms with Crippen LogP contribution in [0.1, 0.15) is 21.5 Å². The second-order valence-electron chi connectivity index (χ2n) is 8.46. The normalized spacial score (nSPS) is 11.1. The van der Waals surface area contributed by atoms with Crippen LogP contribution in [0, 0.1) is 0 Å². The summed E-state index contributed by atoms with van der Waals surface area (Å²) in [5.41, 5.74) is -4.88. The van der Waals surface area contributed by atoms with Gasteiger partial charge in [0.1, 0.15) is 39.9 Å². The largest absolute Gasteiger partial charge is 0.457 e. The van der Waals surface area contributed by atoms with Gasteiger partial charge in [0, 0.05) is 12.2 Å². The lowest BCUT2D eigenvalue weighted by molar-refractivity contribution is -0.164. The summed E-state index contributed by atoms with van der Waals surface area (Å²) < 4.78 is 118. The molecule has 0 amide bonds. The van der Waals surface area contributed by atoms with Crippen LogP contribution in [-0.4, -0.2) is 38.3 Å². The highest BCUT2D eigenvalue weighted by atomic mass is 19.4. The molecule has 0 aliphatic rings. The van der Waals surface area contributed by atoms with Crippen molar-refractivity contribution < 1.29 is 73.9 Å². The third-order valence-corrected chi connectivity index (χ3v) is 5.44. The molecule has 0 unspecified atom stereocenters. The van der Waals surface area contributed by atoms with Gasteiger partial charge < -0.3 is 33.2 Å². The van der Waals surface area contributed by atoms with Crippen LogP contribution in [0.2, 0.25) is 0 Å². The van der Waals surface area contributed by atoms with Crippen LogP contribution in [0.5, 0.6) is 28.7 Å². The van der Waals surface area contributed by atoms with E-state index in [0.717, 1.165) is 24.3 Å². The SMILES string of the molecule is C=CC(=O)OCOc1ccc(OCOc2ccc(OC(=O)c3ccc(OCOC(=O)C=C)cc3)c(C(F)(F)F)c2C(F)(F)F)cc1. The summed E-state index contributed by atoms with van der Waals surface area (Å²) in [5, 5.41) is 0. The van der Waals surface area contributed by atoms with Gasteiger partial charge in [-0.25, -0.2) is 14.4 Å². The van der Waals surface area contributed by atoms with Gasteiger partial charge in [-0.05, 0) is 60.7 Å². The minimum Gasteiger partial charge on any atom is -0.457 e. The lowest BCUT2D eigenvalue weighted by atomic mass is 10.0. The van der Waals surface area contributed by atoms with Gasteiger partial charge in [-0.2, -0.15) is 26.3 Å². The maximum Gasteiger partial charge on any atom is 0.420 e. The number of alkyl halides is 6. The number of halogens is 6. The maximum atomic E-state index is 14.0.